The number of rotatable bonds is 6. The molecule has 1 heterocycles. The highest BCUT2D eigenvalue weighted by Crippen LogP contribution is 2.13. The molecule has 3 nitrogen and oxygen atoms in total. The van der Waals surface area contributed by atoms with Crippen LogP contribution >= 0.6 is 0 Å². The SMILES string of the molecule is CCC(C)n1ccc(CNC(C)c2ccccc2)n1. The quantitative estimate of drug-likeness (QED) is 0.855. The molecule has 0 aliphatic rings. The lowest BCUT2D eigenvalue weighted by Crippen LogP contribution is -2.18. The van der Waals surface area contributed by atoms with E-state index in [2.05, 4.69) is 67.7 Å². The van der Waals surface area contributed by atoms with Crippen LogP contribution in [0.5, 0.6) is 0 Å². The third-order valence-electron chi connectivity index (χ3n) is 3.59. The van der Waals surface area contributed by atoms with Gasteiger partial charge in [-0.05, 0) is 31.9 Å². The minimum atomic E-state index is 0.343. The molecule has 0 aliphatic heterocycles. The molecule has 0 saturated heterocycles. The van der Waals surface area contributed by atoms with Gasteiger partial charge >= 0.3 is 0 Å². The fraction of sp³-hybridized carbons (Fsp3) is 0.438. The van der Waals surface area contributed by atoms with Crippen molar-refractivity contribution in [2.75, 3.05) is 0 Å². The zero-order valence-electron chi connectivity index (χ0n) is 12.0. The van der Waals surface area contributed by atoms with Crippen molar-refractivity contribution in [3.05, 3.63) is 53.9 Å². The van der Waals surface area contributed by atoms with Gasteiger partial charge in [0.15, 0.2) is 0 Å². The smallest absolute Gasteiger partial charge is 0.0762 e. The molecule has 2 aromatic rings. The molecular weight excluding hydrogens is 234 g/mol. The molecule has 102 valence electrons. The number of hydrogen-bond donors (Lipinski definition) is 1. The fourth-order valence-electron chi connectivity index (χ4n) is 2.02. The standard InChI is InChI=1S/C16H23N3/c1-4-13(2)19-11-10-16(18-19)12-17-14(3)15-8-6-5-7-9-15/h5-11,13-14,17H,4,12H2,1-3H3. The van der Waals surface area contributed by atoms with Crippen LogP contribution in [-0.2, 0) is 6.54 Å². The number of benzene rings is 1. The van der Waals surface area contributed by atoms with E-state index >= 15 is 0 Å². The number of nitrogens with zero attached hydrogens (tertiary/aromatic N) is 2. The monoisotopic (exact) mass is 257 g/mol. The Hall–Kier alpha value is -1.61. The van der Waals surface area contributed by atoms with Crippen LogP contribution in [0.3, 0.4) is 0 Å². The van der Waals surface area contributed by atoms with E-state index in [4.69, 9.17) is 0 Å². The maximum Gasteiger partial charge on any atom is 0.0762 e. The molecule has 19 heavy (non-hydrogen) atoms. The van der Waals surface area contributed by atoms with Crippen LogP contribution in [0.4, 0.5) is 0 Å². The Kier molecular flexibility index (Phi) is 4.74. The van der Waals surface area contributed by atoms with Crippen molar-refractivity contribution in [1.82, 2.24) is 15.1 Å². The molecule has 2 unspecified atom stereocenters. The topological polar surface area (TPSA) is 29.9 Å². The zero-order chi connectivity index (χ0) is 13.7. The van der Waals surface area contributed by atoms with Gasteiger partial charge in [0.25, 0.3) is 0 Å². The maximum absolute atomic E-state index is 4.60. The first-order chi connectivity index (χ1) is 9.20. The Balaban J connectivity index is 1.90. The molecule has 1 aromatic carbocycles. The molecule has 1 aromatic heterocycles. The van der Waals surface area contributed by atoms with E-state index < -0.39 is 0 Å². The molecule has 0 bridgehead atoms. The second-order valence-corrected chi connectivity index (χ2v) is 5.06. The third-order valence-corrected chi connectivity index (χ3v) is 3.59. The average Bonchev–Trinajstić information content (AvgIpc) is 2.93. The lowest BCUT2D eigenvalue weighted by Gasteiger charge is -2.13. The lowest BCUT2D eigenvalue weighted by atomic mass is 10.1. The van der Waals surface area contributed by atoms with Gasteiger partial charge in [0.05, 0.1) is 5.69 Å². The summed E-state index contributed by atoms with van der Waals surface area (Å²) in [5.41, 5.74) is 2.41. The van der Waals surface area contributed by atoms with Crippen molar-refractivity contribution in [1.29, 1.82) is 0 Å². The normalized spacial score (nSPS) is 14.3. The number of nitrogens with one attached hydrogen (secondary N) is 1. The summed E-state index contributed by atoms with van der Waals surface area (Å²) in [4.78, 5) is 0. The van der Waals surface area contributed by atoms with Crippen LogP contribution in [0.2, 0.25) is 0 Å². The largest absolute Gasteiger partial charge is 0.304 e. The van der Waals surface area contributed by atoms with Crippen molar-refractivity contribution in [2.45, 2.75) is 45.8 Å². The van der Waals surface area contributed by atoms with Crippen molar-refractivity contribution in [2.24, 2.45) is 0 Å². The summed E-state index contributed by atoms with van der Waals surface area (Å²) >= 11 is 0. The van der Waals surface area contributed by atoms with Crippen LogP contribution in [0.25, 0.3) is 0 Å². The summed E-state index contributed by atoms with van der Waals surface area (Å²) in [5, 5.41) is 8.11. The van der Waals surface area contributed by atoms with E-state index in [0.29, 0.717) is 12.1 Å². The molecule has 0 aliphatic carbocycles. The van der Waals surface area contributed by atoms with Gasteiger partial charge in [-0.2, -0.15) is 5.10 Å². The molecule has 0 radical (unpaired) electrons. The van der Waals surface area contributed by atoms with Crippen molar-refractivity contribution in [3.63, 3.8) is 0 Å². The van der Waals surface area contributed by atoms with Gasteiger partial charge in [-0.15, -0.1) is 0 Å². The molecular formula is C16H23N3. The molecule has 0 saturated carbocycles. The molecule has 3 heteroatoms. The predicted molar refractivity (Wildman–Crippen MR) is 78.9 cm³/mol. The Labute approximate surface area is 115 Å². The average molecular weight is 257 g/mol. The van der Waals surface area contributed by atoms with Crippen molar-refractivity contribution in [3.8, 4) is 0 Å². The number of hydrogen-bond acceptors (Lipinski definition) is 2. The Bertz CT molecular complexity index is 490. The Morgan fingerprint density at radius 3 is 2.58 bits per heavy atom. The van der Waals surface area contributed by atoms with E-state index in [0.717, 1.165) is 18.7 Å². The van der Waals surface area contributed by atoms with Gasteiger partial charge in [0, 0.05) is 24.8 Å². The van der Waals surface area contributed by atoms with Gasteiger partial charge < -0.3 is 5.32 Å². The Morgan fingerprint density at radius 1 is 1.16 bits per heavy atom. The highest BCUT2D eigenvalue weighted by atomic mass is 15.3. The molecule has 0 amide bonds. The second kappa shape index (κ2) is 6.53. The molecule has 2 rings (SSSR count). The summed E-state index contributed by atoms with van der Waals surface area (Å²) in [6, 6.07) is 13.4. The minimum absolute atomic E-state index is 0.343. The maximum atomic E-state index is 4.60. The second-order valence-electron chi connectivity index (χ2n) is 5.06. The predicted octanol–water partition coefficient (Wildman–Crippen LogP) is 3.70. The highest BCUT2D eigenvalue weighted by molar-refractivity contribution is 5.18. The molecule has 0 fully saturated rings. The van der Waals surface area contributed by atoms with Crippen molar-refractivity contribution >= 4 is 0 Å². The zero-order valence-corrected chi connectivity index (χ0v) is 12.0. The van der Waals surface area contributed by atoms with Gasteiger partial charge in [-0.3, -0.25) is 4.68 Å². The fourth-order valence-corrected chi connectivity index (χ4v) is 2.02. The van der Waals surface area contributed by atoms with E-state index in [1.54, 1.807) is 0 Å². The van der Waals surface area contributed by atoms with E-state index in [-0.39, 0.29) is 0 Å². The summed E-state index contributed by atoms with van der Waals surface area (Å²) in [5.74, 6) is 0. The van der Waals surface area contributed by atoms with Crippen LogP contribution in [0.15, 0.2) is 42.6 Å². The van der Waals surface area contributed by atoms with Gasteiger partial charge in [-0.1, -0.05) is 37.3 Å². The first-order valence-corrected chi connectivity index (χ1v) is 7.03. The minimum Gasteiger partial charge on any atom is -0.304 e. The van der Waals surface area contributed by atoms with E-state index in [1.807, 2.05) is 10.7 Å². The Morgan fingerprint density at radius 2 is 1.89 bits per heavy atom. The number of aromatic nitrogens is 2. The summed E-state index contributed by atoms with van der Waals surface area (Å²) in [6.45, 7) is 7.36. The summed E-state index contributed by atoms with van der Waals surface area (Å²) in [6.07, 6.45) is 3.17. The molecule has 2 atom stereocenters. The van der Waals surface area contributed by atoms with Crippen LogP contribution in [-0.4, -0.2) is 9.78 Å². The molecule has 1 N–H and O–H groups in total. The van der Waals surface area contributed by atoms with Crippen LogP contribution in [0, 0.1) is 0 Å². The van der Waals surface area contributed by atoms with Crippen molar-refractivity contribution < 1.29 is 0 Å². The third kappa shape index (κ3) is 3.67. The van der Waals surface area contributed by atoms with E-state index in [1.165, 1.54) is 5.56 Å². The lowest BCUT2D eigenvalue weighted by molar-refractivity contribution is 0.468. The van der Waals surface area contributed by atoms with E-state index in [9.17, 15) is 0 Å². The van der Waals surface area contributed by atoms with Gasteiger partial charge in [0.2, 0.25) is 0 Å². The summed E-state index contributed by atoms with van der Waals surface area (Å²) < 4.78 is 2.05. The first kappa shape index (κ1) is 13.8. The van der Waals surface area contributed by atoms with Crippen LogP contribution < -0.4 is 5.32 Å². The van der Waals surface area contributed by atoms with Crippen LogP contribution in [0.1, 0.15) is 50.5 Å². The van der Waals surface area contributed by atoms with Gasteiger partial charge in [0.1, 0.15) is 0 Å². The first-order valence-electron chi connectivity index (χ1n) is 7.03. The van der Waals surface area contributed by atoms with Gasteiger partial charge in [-0.25, -0.2) is 0 Å². The molecule has 0 spiro atoms. The summed E-state index contributed by atoms with van der Waals surface area (Å²) in [7, 11) is 0. The highest BCUT2D eigenvalue weighted by Gasteiger charge is 2.07.